The lowest BCUT2D eigenvalue weighted by Crippen LogP contribution is -2.42. The SMILES string of the molecule is CCOc1ccc(C(=O)CCN[C@@H](C(=O)O)[C@H](C)CC)cc1. The van der Waals surface area contributed by atoms with E-state index in [0.717, 1.165) is 12.2 Å². The monoisotopic (exact) mass is 307 g/mol. The maximum atomic E-state index is 12.1. The molecule has 0 heterocycles. The Hall–Kier alpha value is -1.88. The van der Waals surface area contributed by atoms with Crippen LogP contribution < -0.4 is 10.1 Å². The Morgan fingerprint density at radius 3 is 2.36 bits per heavy atom. The highest BCUT2D eigenvalue weighted by Crippen LogP contribution is 2.13. The van der Waals surface area contributed by atoms with E-state index in [0.29, 0.717) is 18.7 Å². The lowest BCUT2D eigenvalue weighted by atomic mass is 9.99. The third kappa shape index (κ3) is 5.48. The van der Waals surface area contributed by atoms with Gasteiger partial charge in [0.1, 0.15) is 11.8 Å². The average Bonchev–Trinajstić information content (AvgIpc) is 2.51. The largest absolute Gasteiger partial charge is 0.494 e. The number of ketones is 1. The van der Waals surface area contributed by atoms with Crippen molar-refractivity contribution in [2.75, 3.05) is 13.2 Å². The molecule has 0 aliphatic rings. The Labute approximate surface area is 131 Å². The molecule has 0 radical (unpaired) electrons. The standard InChI is InChI=1S/C17H25NO4/c1-4-12(3)16(17(20)21)18-11-10-15(19)13-6-8-14(9-7-13)22-5-2/h6-9,12,16,18H,4-5,10-11H2,1-3H3,(H,20,21)/t12-,16-/m1/s1. The number of carbonyl (C=O) groups excluding carboxylic acids is 1. The van der Waals surface area contributed by atoms with E-state index in [1.54, 1.807) is 24.3 Å². The Balaban J connectivity index is 2.49. The minimum atomic E-state index is -0.872. The molecule has 1 aromatic carbocycles. The van der Waals surface area contributed by atoms with Crippen LogP contribution in [0.5, 0.6) is 5.75 Å². The van der Waals surface area contributed by atoms with Crippen molar-refractivity contribution in [1.29, 1.82) is 0 Å². The summed E-state index contributed by atoms with van der Waals surface area (Å²) >= 11 is 0. The first-order valence-electron chi connectivity index (χ1n) is 7.71. The van der Waals surface area contributed by atoms with Crippen molar-refractivity contribution in [3.05, 3.63) is 29.8 Å². The summed E-state index contributed by atoms with van der Waals surface area (Å²) < 4.78 is 5.33. The molecule has 2 atom stereocenters. The fourth-order valence-electron chi connectivity index (χ4n) is 2.16. The number of aliphatic carboxylic acids is 1. The molecule has 2 N–H and O–H groups in total. The number of carboxylic acids is 1. The zero-order valence-corrected chi connectivity index (χ0v) is 13.5. The molecule has 0 amide bonds. The predicted molar refractivity (Wildman–Crippen MR) is 85.4 cm³/mol. The van der Waals surface area contributed by atoms with Gasteiger partial charge in [-0.2, -0.15) is 0 Å². The summed E-state index contributed by atoms with van der Waals surface area (Å²) in [6.45, 7) is 6.69. The second-order valence-electron chi connectivity index (χ2n) is 5.29. The molecular formula is C17H25NO4. The Morgan fingerprint density at radius 2 is 1.86 bits per heavy atom. The number of ether oxygens (including phenoxy) is 1. The molecule has 5 nitrogen and oxygen atoms in total. The van der Waals surface area contributed by atoms with Crippen molar-refractivity contribution in [2.45, 2.75) is 39.7 Å². The highest BCUT2D eigenvalue weighted by Gasteiger charge is 2.22. The molecule has 22 heavy (non-hydrogen) atoms. The molecule has 0 aliphatic heterocycles. The minimum absolute atomic E-state index is 0.0103. The Kier molecular flexibility index (Phi) is 7.60. The number of Topliss-reactive ketones (excluding diaryl/α,β-unsaturated/α-hetero) is 1. The molecule has 1 rings (SSSR count). The molecule has 0 fully saturated rings. The number of hydrogen-bond acceptors (Lipinski definition) is 4. The van der Waals surface area contributed by atoms with Gasteiger partial charge in [0.25, 0.3) is 0 Å². The van der Waals surface area contributed by atoms with Gasteiger partial charge in [-0.05, 0) is 37.1 Å². The van der Waals surface area contributed by atoms with Crippen molar-refractivity contribution in [1.82, 2.24) is 5.32 Å². The summed E-state index contributed by atoms with van der Waals surface area (Å²) in [6.07, 6.45) is 1.05. The van der Waals surface area contributed by atoms with Gasteiger partial charge in [0.2, 0.25) is 0 Å². The van der Waals surface area contributed by atoms with Gasteiger partial charge in [-0.15, -0.1) is 0 Å². The van der Waals surface area contributed by atoms with Gasteiger partial charge in [-0.3, -0.25) is 9.59 Å². The van der Waals surface area contributed by atoms with E-state index in [9.17, 15) is 14.7 Å². The number of nitrogens with one attached hydrogen (secondary N) is 1. The molecule has 5 heteroatoms. The van der Waals surface area contributed by atoms with Crippen LogP contribution in [0, 0.1) is 5.92 Å². The third-order valence-corrected chi connectivity index (χ3v) is 3.68. The molecule has 0 bridgehead atoms. The molecular weight excluding hydrogens is 282 g/mol. The van der Waals surface area contributed by atoms with Gasteiger partial charge in [-0.25, -0.2) is 0 Å². The number of benzene rings is 1. The third-order valence-electron chi connectivity index (χ3n) is 3.68. The van der Waals surface area contributed by atoms with E-state index >= 15 is 0 Å². The summed E-state index contributed by atoms with van der Waals surface area (Å²) in [4.78, 5) is 23.3. The van der Waals surface area contributed by atoms with Gasteiger partial charge in [-0.1, -0.05) is 20.3 Å². The molecule has 0 unspecified atom stereocenters. The maximum Gasteiger partial charge on any atom is 0.320 e. The molecule has 0 aliphatic carbocycles. The van der Waals surface area contributed by atoms with Gasteiger partial charge in [0.05, 0.1) is 6.61 Å². The molecule has 122 valence electrons. The van der Waals surface area contributed by atoms with Crippen LogP contribution in [0.1, 0.15) is 44.0 Å². The number of hydrogen-bond donors (Lipinski definition) is 2. The van der Waals surface area contributed by atoms with E-state index in [4.69, 9.17) is 4.74 Å². The molecule has 0 aromatic heterocycles. The zero-order chi connectivity index (χ0) is 16.5. The van der Waals surface area contributed by atoms with Crippen LogP contribution in [0.15, 0.2) is 24.3 Å². The fraction of sp³-hybridized carbons (Fsp3) is 0.529. The van der Waals surface area contributed by atoms with E-state index < -0.39 is 12.0 Å². The van der Waals surface area contributed by atoms with E-state index in [-0.39, 0.29) is 18.1 Å². The smallest absolute Gasteiger partial charge is 0.320 e. The summed E-state index contributed by atoms with van der Waals surface area (Å²) in [5, 5.41) is 12.1. The van der Waals surface area contributed by atoms with Crippen molar-refractivity contribution < 1.29 is 19.4 Å². The van der Waals surface area contributed by atoms with Crippen LogP contribution >= 0.6 is 0 Å². The van der Waals surface area contributed by atoms with Crippen molar-refractivity contribution in [3.63, 3.8) is 0 Å². The van der Waals surface area contributed by atoms with Gasteiger partial charge in [0.15, 0.2) is 5.78 Å². The Morgan fingerprint density at radius 1 is 1.23 bits per heavy atom. The van der Waals surface area contributed by atoms with E-state index in [1.807, 2.05) is 20.8 Å². The van der Waals surface area contributed by atoms with Gasteiger partial charge >= 0.3 is 5.97 Å². The number of carbonyl (C=O) groups is 2. The fourth-order valence-corrected chi connectivity index (χ4v) is 2.16. The normalized spacial score (nSPS) is 13.4. The van der Waals surface area contributed by atoms with Gasteiger partial charge < -0.3 is 15.2 Å². The Bertz CT molecular complexity index is 484. The van der Waals surface area contributed by atoms with Crippen LogP contribution in [0.25, 0.3) is 0 Å². The van der Waals surface area contributed by atoms with Crippen molar-refractivity contribution >= 4 is 11.8 Å². The predicted octanol–water partition coefficient (Wildman–Crippen LogP) is 2.75. The minimum Gasteiger partial charge on any atom is -0.494 e. The second kappa shape index (κ2) is 9.20. The average molecular weight is 307 g/mol. The van der Waals surface area contributed by atoms with Crippen LogP contribution in [0.4, 0.5) is 0 Å². The topological polar surface area (TPSA) is 75.6 Å². The van der Waals surface area contributed by atoms with Gasteiger partial charge in [0, 0.05) is 18.5 Å². The quantitative estimate of drug-likeness (QED) is 0.650. The molecule has 0 saturated carbocycles. The van der Waals surface area contributed by atoms with Crippen molar-refractivity contribution in [2.24, 2.45) is 5.92 Å². The number of carboxylic acid groups (broad SMARTS) is 1. The zero-order valence-electron chi connectivity index (χ0n) is 13.5. The van der Waals surface area contributed by atoms with Crippen LogP contribution in [-0.2, 0) is 4.79 Å². The lowest BCUT2D eigenvalue weighted by molar-refractivity contribution is -0.140. The van der Waals surface area contributed by atoms with Crippen LogP contribution in [0.2, 0.25) is 0 Å². The number of rotatable bonds is 10. The van der Waals surface area contributed by atoms with Crippen LogP contribution in [-0.4, -0.2) is 36.1 Å². The van der Waals surface area contributed by atoms with E-state index in [2.05, 4.69) is 5.32 Å². The molecule has 1 aromatic rings. The second-order valence-corrected chi connectivity index (χ2v) is 5.29. The first-order valence-corrected chi connectivity index (χ1v) is 7.71. The summed E-state index contributed by atoms with van der Waals surface area (Å²) in [5.74, 6) is -0.121. The highest BCUT2D eigenvalue weighted by molar-refractivity contribution is 5.96. The lowest BCUT2D eigenvalue weighted by Gasteiger charge is -2.19. The first kappa shape index (κ1) is 18.2. The maximum absolute atomic E-state index is 12.1. The molecule has 0 saturated heterocycles. The summed E-state index contributed by atoms with van der Waals surface area (Å²) in [5.41, 5.74) is 0.612. The van der Waals surface area contributed by atoms with E-state index in [1.165, 1.54) is 0 Å². The highest BCUT2D eigenvalue weighted by atomic mass is 16.5. The van der Waals surface area contributed by atoms with Crippen LogP contribution in [0.3, 0.4) is 0 Å². The summed E-state index contributed by atoms with van der Waals surface area (Å²) in [7, 11) is 0. The molecule has 0 spiro atoms. The summed E-state index contributed by atoms with van der Waals surface area (Å²) in [6, 6.07) is 6.39. The first-order chi connectivity index (χ1) is 10.5. The van der Waals surface area contributed by atoms with Crippen molar-refractivity contribution in [3.8, 4) is 5.75 Å².